The average Bonchev–Trinajstić information content (AvgIpc) is 2.48. The number of hydrogen-bond donors (Lipinski definition) is 1. The molecule has 0 saturated heterocycles. The van der Waals surface area contributed by atoms with Gasteiger partial charge in [-0.25, -0.2) is 0 Å². The maximum Gasteiger partial charge on any atom is 0.251 e. The van der Waals surface area contributed by atoms with Gasteiger partial charge in [-0.15, -0.1) is 0 Å². The Balaban J connectivity index is 2.07. The Labute approximate surface area is 118 Å². The average molecular weight is 267 g/mol. The first-order valence-corrected chi connectivity index (χ1v) is 6.57. The molecule has 20 heavy (non-hydrogen) atoms. The van der Waals surface area contributed by atoms with Crippen LogP contribution in [0.2, 0.25) is 0 Å². The molecule has 0 bridgehead atoms. The summed E-state index contributed by atoms with van der Waals surface area (Å²) in [6, 6.07) is 18.1. The number of carbonyl (C=O) groups excluding carboxylic acids is 2. The molecular formula is C17H17NO2. The smallest absolute Gasteiger partial charge is 0.251 e. The summed E-state index contributed by atoms with van der Waals surface area (Å²) in [5.41, 5.74) is 1.59. The molecule has 1 atom stereocenters. The van der Waals surface area contributed by atoms with Gasteiger partial charge >= 0.3 is 0 Å². The monoisotopic (exact) mass is 267 g/mol. The van der Waals surface area contributed by atoms with Crippen molar-refractivity contribution in [3.05, 3.63) is 71.8 Å². The van der Waals surface area contributed by atoms with Crippen LogP contribution in [0, 0.1) is 0 Å². The first-order chi connectivity index (χ1) is 9.66. The van der Waals surface area contributed by atoms with E-state index in [1.54, 1.807) is 24.3 Å². The Morgan fingerprint density at radius 1 is 0.950 bits per heavy atom. The van der Waals surface area contributed by atoms with Gasteiger partial charge in [0.2, 0.25) is 0 Å². The van der Waals surface area contributed by atoms with Gasteiger partial charge in [0.25, 0.3) is 5.91 Å². The number of hydrogen-bond acceptors (Lipinski definition) is 2. The zero-order valence-corrected chi connectivity index (χ0v) is 11.4. The quantitative estimate of drug-likeness (QED) is 0.905. The van der Waals surface area contributed by atoms with E-state index in [0.717, 1.165) is 5.56 Å². The van der Waals surface area contributed by atoms with E-state index in [1.807, 2.05) is 36.4 Å². The number of Topliss-reactive ketones (excluding diaryl/α,β-unsaturated/α-hetero) is 1. The third kappa shape index (κ3) is 3.79. The minimum Gasteiger partial charge on any atom is -0.342 e. The summed E-state index contributed by atoms with van der Waals surface area (Å²) in [4.78, 5) is 23.8. The van der Waals surface area contributed by atoms with Crippen LogP contribution in [0.4, 0.5) is 0 Å². The summed E-state index contributed by atoms with van der Waals surface area (Å²) < 4.78 is 0. The SMILES string of the molecule is CC(=O)[C@H](Cc1ccccc1)NC(=O)c1ccccc1. The van der Waals surface area contributed by atoms with Gasteiger partial charge in [-0.3, -0.25) is 9.59 Å². The van der Waals surface area contributed by atoms with Crippen molar-refractivity contribution < 1.29 is 9.59 Å². The fraction of sp³-hybridized carbons (Fsp3) is 0.176. The van der Waals surface area contributed by atoms with Crippen LogP contribution in [0.1, 0.15) is 22.8 Å². The molecule has 0 spiro atoms. The molecule has 2 aromatic rings. The highest BCUT2D eigenvalue weighted by molar-refractivity contribution is 5.97. The molecule has 0 unspecified atom stereocenters. The van der Waals surface area contributed by atoms with Crippen LogP contribution in [0.25, 0.3) is 0 Å². The lowest BCUT2D eigenvalue weighted by atomic mass is 10.0. The van der Waals surface area contributed by atoms with Crippen molar-refractivity contribution in [3.63, 3.8) is 0 Å². The topological polar surface area (TPSA) is 46.2 Å². The number of amides is 1. The molecule has 3 nitrogen and oxygen atoms in total. The van der Waals surface area contributed by atoms with Gasteiger partial charge < -0.3 is 5.32 Å². The summed E-state index contributed by atoms with van der Waals surface area (Å²) in [5.74, 6) is -0.264. The third-order valence-corrected chi connectivity index (χ3v) is 3.11. The Bertz CT molecular complexity index is 578. The van der Waals surface area contributed by atoms with Gasteiger partial charge in [-0.1, -0.05) is 48.5 Å². The lowest BCUT2D eigenvalue weighted by Gasteiger charge is -2.16. The van der Waals surface area contributed by atoms with Gasteiger partial charge in [0.15, 0.2) is 5.78 Å². The minimum atomic E-state index is -0.495. The molecule has 1 N–H and O–H groups in total. The molecule has 0 aromatic heterocycles. The lowest BCUT2D eigenvalue weighted by Crippen LogP contribution is -2.41. The minimum absolute atomic E-state index is 0.0434. The van der Waals surface area contributed by atoms with Crippen molar-refractivity contribution >= 4 is 11.7 Å². The van der Waals surface area contributed by atoms with Gasteiger partial charge in [-0.05, 0) is 31.0 Å². The Kier molecular flexibility index (Phi) is 4.66. The van der Waals surface area contributed by atoms with Crippen LogP contribution in [0.3, 0.4) is 0 Å². The summed E-state index contributed by atoms with van der Waals surface area (Å²) in [5, 5.41) is 2.79. The summed E-state index contributed by atoms with van der Waals surface area (Å²) >= 11 is 0. The predicted octanol–water partition coefficient (Wildman–Crippen LogP) is 2.62. The van der Waals surface area contributed by atoms with E-state index in [1.165, 1.54) is 6.92 Å². The van der Waals surface area contributed by atoms with Gasteiger partial charge in [0, 0.05) is 5.56 Å². The van der Waals surface area contributed by atoms with Crippen LogP contribution < -0.4 is 5.32 Å². The molecule has 0 aliphatic carbocycles. The molecule has 2 rings (SSSR count). The normalized spacial score (nSPS) is 11.7. The zero-order valence-electron chi connectivity index (χ0n) is 11.4. The van der Waals surface area contributed by atoms with Crippen molar-refractivity contribution in [2.75, 3.05) is 0 Å². The number of ketones is 1. The van der Waals surface area contributed by atoms with Crippen molar-refractivity contribution in [1.82, 2.24) is 5.32 Å². The van der Waals surface area contributed by atoms with Crippen LogP contribution in [-0.2, 0) is 11.2 Å². The van der Waals surface area contributed by atoms with E-state index in [0.29, 0.717) is 12.0 Å². The molecule has 0 saturated carbocycles. The molecule has 1 amide bonds. The van der Waals surface area contributed by atoms with E-state index in [-0.39, 0.29) is 11.7 Å². The summed E-state index contributed by atoms with van der Waals surface area (Å²) in [7, 11) is 0. The fourth-order valence-electron chi connectivity index (χ4n) is 1.98. The summed E-state index contributed by atoms with van der Waals surface area (Å²) in [6.07, 6.45) is 0.509. The number of nitrogens with one attached hydrogen (secondary N) is 1. The number of carbonyl (C=O) groups is 2. The highest BCUT2D eigenvalue weighted by Crippen LogP contribution is 2.06. The van der Waals surface area contributed by atoms with Crippen LogP contribution in [-0.4, -0.2) is 17.7 Å². The standard InChI is InChI=1S/C17H17NO2/c1-13(19)16(12-14-8-4-2-5-9-14)18-17(20)15-10-6-3-7-11-15/h2-11,16H,12H2,1H3,(H,18,20)/t16-/m0/s1. The van der Waals surface area contributed by atoms with Crippen LogP contribution in [0.5, 0.6) is 0 Å². The molecule has 0 fully saturated rings. The molecule has 2 aromatic carbocycles. The van der Waals surface area contributed by atoms with E-state index >= 15 is 0 Å². The van der Waals surface area contributed by atoms with Crippen molar-refractivity contribution in [1.29, 1.82) is 0 Å². The Morgan fingerprint density at radius 2 is 1.50 bits per heavy atom. The number of rotatable bonds is 5. The lowest BCUT2D eigenvalue weighted by molar-refractivity contribution is -0.118. The van der Waals surface area contributed by atoms with Crippen molar-refractivity contribution in [2.45, 2.75) is 19.4 Å². The molecular weight excluding hydrogens is 250 g/mol. The second kappa shape index (κ2) is 6.66. The molecule has 0 radical (unpaired) electrons. The zero-order chi connectivity index (χ0) is 14.4. The van der Waals surface area contributed by atoms with E-state index in [9.17, 15) is 9.59 Å². The first kappa shape index (κ1) is 14.0. The predicted molar refractivity (Wildman–Crippen MR) is 78.5 cm³/mol. The van der Waals surface area contributed by atoms with Gasteiger partial charge in [-0.2, -0.15) is 0 Å². The van der Waals surface area contributed by atoms with Gasteiger partial charge in [0.1, 0.15) is 0 Å². The van der Waals surface area contributed by atoms with Crippen LogP contribution >= 0.6 is 0 Å². The van der Waals surface area contributed by atoms with Crippen LogP contribution in [0.15, 0.2) is 60.7 Å². The maximum absolute atomic E-state index is 12.1. The Hall–Kier alpha value is -2.42. The van der Waals surface area contributed by atoms with Crippen molar-refractivity contribution in [2.24, 2.45) is 0 Å². The molecule has 0 aliphatic rings. The third-order valence-electron chi connectivity index (χ3n) is 3.11. The first-order valence-electron chi connectivity index (χ1n) is 6.57. The van der Waals surface area contributed by atoms with E-state index < -0.39 is 6.04 Å². The highest BCUT2D eigenvalue weighted by Gasteiger charge is 2.18. The highest BCUT2D eigenvalue weighted by atomic mass is 16.2. The maximum atomic E-state index is 12.1. The van der Waals surface area contributed by atoms with Gasteiger partial charge in [0.05, 0.1) is 6.04 Å². The second-order valence-corrected chi connectivity index (χ2v) is 4.69. The molecule has 0 aliphatic heterocycles. The molecule has 3 heteroatoms. The summed E-state index contributed by atoms with van der Waals surface area (Å²) in [6.45, 7) is 1.50. The van der Waals surface area contributed by atoms with Crippen molar-refractivity contribution in [3.8, 4) is 0 Å². The Morgan fingerprint density at radius 3 is 2.05 bits per heavy atom. The molecule has 102 valence electrons. The van der Waals surface area contributed by atoms with E-state index in [2.05, 4.69) is 5.32 Å². The molecule has 0 heterocycles. The second-order valence-electron chi connectivity index (χ2n) is 4.69. The van der Waals surface area contributed by atoms with E-state index in [4.69, 9.17) is 0 Å². The fourth-order valence-corrected chi connectivity index (χ4v) is 1.98. The largest absolute Gasteiger partial charge is 0.342 e. The number of benzene rings is 2.